The van der Waals surface area contributed by atoms with E-state index >= 15 is 0 Å². The third-order valence-corrected chi connectivity index (χ3v) is 4.95. The summed E-state index contributed by atoms with van der Waals surface area (Å²) in [7, 11) is 1.58. The third-order valence-electron chi connectivity index (χ3n) is 3.96. The maximum Gasteiger partial charge on any atom is 0.161 e. The fourth-order valence-electron chi connectivity index (χ4n) is 2.45. The average molecular weight is 436 g/mol. The van der Waals surface area contributed by atoms with Crippen LogP contribution in [0.1, 0.15) is 11.1 Å². The number of rotatable bonds is 6. The summed E-state index contributed by atoms with van der Waals surface area (Å²) in [6.07, 6.45) is 1.68. The van der Waals surface area contributed by atoms with Gasteiger partial charge >= 0.3 is 0 Å². The second-order valence-corrected chi connectivity index (χ2v) is 7.09. The minimum atomic E-state index is 0.337. The molecule has 144 valence electrons. The lowest BCUT2D eigenvalue weighted by Crippen LogP contribution is -1.99. The van der Waals surface area contributed by atoms with Gasteiger partial charge in [0.05, 0.1) is 28.5 Å². The molecule has 3 aromatic rings. The molecule has 0 fully saturated rings. The number of ether oxygens (including phenoxy) is 2. The zero-order chi connectivity index (χ0) is 20.1. The number of halogens is 3. The molecule has 0 aliphatic heterocycles. The molecule has 0 amide bonds. The van der Waals surface area contributed by atoms with Crippen LogP contribution in [0.4, 0.5) is 11.4 Å². The van der Waals surface area contributed by atoms with Crippen LogP contribution < -0.4 is 15.2 Å². The summed E-state index contributed by atoms with van der Waals surface area (Å²) in [4.78, 5) is 4.39. The van der Waals surface area contributed by atoms with Crippen LogP contribution in [0.15, 0.2) is 59.6 Å². The highest BCUT2D eigenvalue weighted by Crippen LogP contribution is 2.33. The smallest absolute Gasteiger partial charge is 0.161 e. The fraction of sp³-hybridized carbons (Fsp3) is 0.0952. The molecule has 0 aliphatic rings. The Morgan fingerprint density at radius 1 is 0.929 bits per heavy atom. The molecule has 2 N–H and O–H groups in total. The predicted molar refractivity (Wildman–Crippen MR) is 117 cm³/mol. The van der Waals surface area contributed by atoms with Gasteiger partial charge in [0.1, 0.15) is 6.61 Å². The van der Waals surface area contributed by atoms with Crippen molar-refractivity contribution < 1.29 is 9.47 Å². The van der Waals surface area contributed by atoms with Crippen LogP contribution >= 0.6 is 34.8 Å². The van der Waals surface area contributed by atoms with Crippen molar-refractivity contribution in [3.63, 3.8) is 0 Å². The summed E-state index contributed by atoms with van der Waals surface area (Å²) in [5, 5.41) is 1.38. The van der Waals surface area contributed by atoms with Crippen molar-refractivity contribution in [1.29, 1.82) is 0 Å². The first-order valence-corrected chi connectivity index (χ1v) is 9.44. The molecule has 0 bridgehead atoms. The fourth-order valence-corrected chi connectivity index (χ4v) is 3.12. The first-order chi connectivity index (χ1) is 13.5. The van der Waals surface area contributed by atoms with E-state index in [1.54, 1.807) is 25.5 Å². The van der Waals surface area contributed by atoms with Crippen molar-refractivity contribution in [2.45, 2.75) is 6.61 Å². The van der Waals surface area contributed by atoms with Crippen molar-refractivity contribution in [2.75, 3.05) is 12.8 Å². The van der Waals surface area contributed by atoms with Gasteiger partial charge in [-0.2, -0.15) is 0 Å². The van der Waals surface area contributed by atoms with E-state index in [-0.39, 0.29) is 0 Å². The van der Waals surface area contributed by atoms with Gasteiger partial charge in [0.15, 0.2) is 11.5 Å². The number of nitrogen functional groups attached to an aromatic ring is 1. The number of nitrogens with two attached hydrogens (primary N) is 1. The van der Waals surface area contributed by atoms with Gasteiger partial charge in [-0.15, -0.1) is 0 Å². The van der Waals surface area contributed by atoms with Crippen molar-refractivity contribution >= 4 is 52.4 Å². The molecule has 0 aromatic heterocycles. The highest BCUT2D eigenvalue weighted by molar-refractivity contribution is 6.39. The van der Waals surface area contributed by atoms with Crippen LogP contribution in [0.5, 0.6) is 11.5 Å². The Morgan fingerprint density at radius 3 is 2.32 bits per heavy atom. The van der Waals surface area contributed by atoms with Crippen LogP contribution in [0.25, 0.3) is 0 Å². The Balaban J connectivity index is 1.76. The topological polar surface area (TPSA) is 56.8 Å². The van der Waals surface area contributed by atoms with Gasteiger partial charge in [-0.3, -0.25) is 4.99 Å². The number of aliphatic imine (C=N–C) groups is 1. The molecule has 0 atom stereocenters. The van der Waals surface area contributed by atoms with Crippen LogP contribution in [0, 0.1) is 0 Å². The molecule has 28 heavy (non-hydrogen) atoms. The zero-order valence-corrected chi connectivity index (χ0v) is 17.2. The molecule has 0 radical (unpaired) electrons. The highest BCUT2D eigenvalue weighted by atomic mass is 35.5. The second-order valence-electron chi connectivity index (χ2n) is 5.87. The first kappa shape index (κ1) is 20.3. The number of hydrogen-bond acceptors (Lipinski definition) is 4. The van der Waals surface area contributed by atoms with Crippen LogP contribution in [-0.2, 0) is 6.61 Å². The Bertz CT molecular complexity index is 999. The van der Waals surface area contributed by atoms with E-state index in [9.17, 15) is 0 Å². The summed E-state index contributed by atoms with van der Waals surface area (Å²) >= 11 is 18.2. The van der Waals surface area contributed by atoms with Crippen molar-refractivity contribution in [3.05, 3.63) is 80.8 Å². The number of anilines is 1. The summed E-state index contributed by atoms with van der Waals surface area (Å²) in [5.74, 6) is 1.20. The largest absolute Gasteiger partial charge is 0.493 e. The van der Waals surface area contributed by atoms with E-state index in [4.69, 9.17) is 50.0 Å². The summed E-state index contributed by atoms with van der Waals surface area (Å²) in [5.41, 5.74) is 8.40. The molecule has 7 heteroatoms. The van der Waals surface area contributed by atoms with E-state index in [0.717, 1.165) is 11.1 Å². The third kappa shape index (κ3) is 4.90. The molecule has 3 aromatic carbocycles. The van der Waals surface area contributed by atoms with Crippen molar-refractivity contribution in [2.24, 2.45) is 4.99 Å². The predicted octanol–water partition coefficient (Wildman–Crippen LogP) is 6.57. The molecular formula is C21H17Cl3N2O2. The molecule has 0 aliphatic carbocycles. The minimum Gasteiger partial charge on any atom is -0.493 e. The number of hydrogen-bond donors (Lipinski definition) is 1. The van der Waals surface area contributed by atoms with Crippen molar-refractivity contribution in [1.82, 2.24) is 0 Å². The lowest BCUT2D eigenvalue weighted by Gasteiger charge is -2.12. The molecule has 3 rings (SSSR count). The SMILES string of the molecule is COc1cc(C=Nc2cc(Cl)c(N)c(Cl)c2)ccc1OCc1ccccc1Cl. The van der Waals surface area contributed by atoms with Crippen molar-refractivity contribution in [3.8, 4) is 11.5 Å². The van der Waals surface area contributed by atoms with E-state index < -0.39 is 0 Å². The standard InChI is InChI=1S/C21H17Cl3N2O2/c1-27-20-8-13(11-26-15-9-17(23)21(25)18(24)10-15)6-7-19(20)28-12-14-4-2-3-5-16(14)22/h2-11H,12,25H2,1H3. The van der Waals surface area contributed by atoms with E-state index in [2.05, 4.69) is 4.99 Å². The van der Waals surface area contributed by atoms with Crippen LogP contribution in [0.3, 0.4) is 0 Å². The molecule has 0 heterocycles. The number of nitrogens with zero attached hydrogens (tertiary/aromatic N) is 1. The van der Waals surface area contributed by atoms with Gasteiger partial charge in [0, 0.05) is 16.8 Å². The maximum atomic E-state index is 6.17. The summed E-state index contributed by atoms with van der Waals surface area (Å²) < 4.78 is 11.3. The van der Waals surface area contributed by atoms with Gasteiger partial charge in [-0.1, -0.05) is 53.0 Å². The zero-order valence-electron chi connectivity index (χ0n) is 15.0. The second kappa shape index (κ2) is 9.20. The Kier molecular flexibility index (Phi) is 6.68. The summed E-state index contributed by atoms with van der Waals surface area (Å²) in [6.45, 7) is 0.339. The number of methoxy groups -OCH3 is 1. The normalized spacial score (nSPS) is 11.0. The van der Waals surface area contributed by atoms with Crippen LogP contribution in [0.2, 0.25) is 15.1 Å². The first-order valence-electron chi connectivity index (χ1n) is 8.30. The highest BCUT2D eigenvalue weighted by Gasteiger charge is 2.08. The maximum absolute atomic E-state index is 6.17. The molecular weight excluding hydrogens is 419 g/mol. The van der Waals surface area contributed by atoms with E-state index in [1.807, 2.05) is 42.5 Å². The number of benzene rings is 3. The van der Waals surface area contributed by atoms with E-state index in [0.29, 0.717) is 44.5 Å². The lowest BCUT2D eigenvalue weighted by atomic mass is 10.2. The van der Waals surface area contributed by atoms with Gasteiger partial charge in [-0.05, 0) is 42.0 Å². The molecule has 0 spiro atoms. The van der Waals surface area contributed by atoms with Crippen LogP contribution in [-0.4, -0.2) is 13.3 Å². The van der Waals surface area contributed by atoms with E-state index in [1.165, 1.54) is 0 Å². The van der Waals surface area contributed by atoms with Gasteiger partial charge in [-0.25, -0.2) is 0 Å². The lowest BCUT2D eigenvalue weighted by molar-refractivity contribution is 0.284. The molecule has 0 unspecified atom stereocenters. The quantitative estimate of drug-likeness (QED) is 0.352. The minimum absolute atomic E-state index is 0.337. The average Bonchev–Trinajstić information content (AvgIpc) is 2.70. The summed E-state index contributed by atoms with van der Waals surface area (Å²) in [6, 6.07) is 16.3. The Labute approximate surface area is 178 Å². The van der Waals surface area contributed by atoms with Gasteiger partial charge in [0.25, 0.3) is 0 Å². The van der Waals surface area contributed by atoms with Gasteiger partial charge < -0.3 is 15.2 Å². The Hall–Kier alpha value is -2.40. The molecule has 0 saturated heterocycles. The molecule has 4 nitrogen and oxygen atoms in total. The molecule has 0 saturated carbocycles. The van der Waals surface area contributed by atoms with Gasteiger partial charge in [0.2, 0.25) is 0 Å². The monoisotopic (exact) mass is 434 g/mol. The Morgan fingerprint density at radius 2 is 1.64 bits per heavy atom.